The van der Waals surface area contributed by atoms with Crippen molar-refractivity contribution in [2.75, 3.05) is 26.2 Å². The molecule has 0 unspecified atom stereocenters. The van der Waals surface area contributed by atoms with E-state index in [0.717, 1.165) is 42.9 Å². The first-order valence-corrected chi connectivity index (χ1v) is 8.15. The van der Waals surface area contributed by atoms with Crippen LogP contribution in [0.25, 0.3) is 0 Å². The highest BCUT2D eigenvalue weighted by Crippen LogP contribution is 2.33. The summed E-state index contributed by atoms with van der Waals surface area (Å²) in [7, 11) is 0. The number of benzene rings is 1. The van der Waals surface area contributed by atoms with Gasteiger partial charge < -0.3 is 14.7 Å². The van der Waals surface area contributed by atoms with E-state index in [1.54, 1.807) is 12.4 Å². The van der Waals surface area contributed by atoms with Crippen LogP contribution in [0.4, 0.5) is 0 Å². The summed E-state index contributed by atoms with van der Waals surface area (Å²) in [6, 6.07) is 7.93. The average Bonchev–Trinajstić information content (AvgIpc) is 2.58. The number of rotatable bonds is 5. The number of likely N-dealkylation sites (tertiary alicyclic amines) is 1. The topological polar surface area (TPSA) is 58.5 Å². The van der Waals surface area contributed by atoms with Crippen molar-refractivity contribution in [3.63, 3.8) is 0 Å². The van der Waals surface area contributed by atoms with Gasteiger partial charge in [0, 0.05) is 31.4 Å². The third kappa shape index (κ3) is 3.86. The van der Waals surface area contributed by atoms with Gasteiger partial charge in [-0.2, -0.15) is 0 Å². The van der Waals surface area contributed by atoms with Gasteiger partial charge in [0.2, 0.25) is 5.88 Å². The summed E-state index contributed by atoms with van der Waals surface area (Å²) in [6.07, 6.45) is 5.58. The van der Waals surface area contributed by atoms with Crippen LogP contribution in [-0.4, -0.2) is 46.2 Å². The van der Waals surface area contributed by atoms with Crippen LogP contribution in [0.3, 0.4) is 0 Å². The molecule has 1 N–H and O–H groups in total. The van der Waals surface area contributed by atoms with Crippen molar-refractivity contribution < 1.29 is 9.84 Å². The van der Waals surface area contributed by atoms with Crippen molar-refractivity contribution in [3.8, 4) is 11.6 Å². The van der Waals surface area contributed by atoms with E-state index in [1.165, 1.54) is 0 Å². The van der Waals surface area contributed by atoms with Gasteiger partial charge in [-0.05, 0) is 37.9 Å². The third-order valence-electron chi connectivity index (χ3n) is 4.30. The molecular formula is C18H23N3O2. The number of aliphatic hydroxyl groups excluding tert-OH is 1. The number of hydrogen-bond acceptors (Lipinski definition) is 5. The quantitative estimate of drug-likeness (QED) is 0.920. The monoisotopic (exact) mass is 313 g/mol. The van der Waals surface area contributed by atoms with Crippen LogP contribution in [0, 0.1) is 6.92 Å². The van der Waals surface area contributed by atoms with Crippen molar-refractivity contribution >= 4 is 0 Å². The molecule has 2 heterocycles. The molecule has 5 heteroatoms. The Morgan fingerprint density at radius 1 is 1.26 bits per heavy atom. The second-order valence-corrected chi connectivity index (χ2v) is 5.98. The van der Waals surface area contributed by atoms with Gasteiger partial charge in [-0.25, -0.2) is 4.98 Å². The van der Waals surface area contributed by atoms with Crippen LogP contribution in [0.15, 0.2) is 36.7 Å². The number of para-hydroxylation sites is 1. The predicted octanol–water partition coefficient (Wildman–Crippen LogP) is 2.75. The molecule has 0 spiro atoms. The van der Waals surface area contributed by atoms with Gasteiger partial charge in [0.25, 0.3) is 0 Å². The second kappa shape index (κ2) is 7.53. The molecule has 0 bridgehead atoms. The Bertz CT molecular complexity index is 646. The first kappa shape index (κ1) is 15.9. The zero-order valence-corrected chi connectivity index (χ0v) is 13.5. The van der Waals surface area contributed by atoms with Gasteiger partial charge in [-0.15, -0.1) is 0 Å². The summed E-state index contributed by atoms with van der Waals surface area (Å²) in [5.74, 6) is 1.71. The number of piperidine rings is 1. The molecule has 122 valence electrons. The maximum Gasteiger partial charge on any atom is 0.241 e. The zero-order chi connectivity index (χ0) is 16.1. The largest absolute Gasteiger partial charge is 0.437 e. The fourth-order valence-electron chi connectivity index (χ4n) is 3.09. The lowest BCUT2D eigenvalue weighted by molar-refractivity contribution is 0.159. The van der Waals surface area contributed by atoms with Crippen LogP contribution in [0.1, 0.15) is 30.0 Å². The van der Waals surface area contributed by atoms with Crippen molar-refractivity contribution in [1.82, 2.24) is 14.9 Å². The van der Waals surface area contributed by atoms with Crippen molar-refractivity contribution in [3.05, 3.63) is 47.9 Å². The smallest absolute Gasteiger partial charge is 0.241 e. The Balaban J connectivity index is 1.82. The molecule has 0 radical (unpaired) electrons. The Kier molecular flexibility index (Phi) is 5.20. The summed E-state index contributed by atoms with van der Waals surface area (Å²) in [5, 5.41) is 9.16. The Morgan fingerprint density at radius 2 is 2.09 bits per heavy atom. The number of β-amino-alcohol motifs (C(OH)–C–C–N with tert-alkyl or cyclic N) is 1. The fourth-order valence-corrected chi connectivity index (χ4v) is 3.09. The molecular weight excluding hydrogens is 290 g/mol. The van der Waals surface area contributed by atoms with E-state index >= 15 is 0 Å². The van der Waals surface area contributed by atoms with Gasteiger partial charge in [-0.3, -0.25) is 4.98 Å². The van der Waals surface area contributed by atoms with E-state index in [9.17, 15) is 0 Å². The normalized spacial score (nSPS) is 18.8. The fraction of sp³-hybridized carbons (Fsp3) is 0.444. The summed E-state index contributed by atoms with van der Waals surface area (Å²) in [5.41, 5.74) is 1.99. The number of nitrogens with zero attached hydrogens (tertiary/aromatic N) is 3. The van der Waals surface area contributed by atoms with Gasteiger partial charge >= 0.3 is 0 Å². The van der Waals surface area contributed by atoms with E-state index in [2.05, 4.69) is 14.9 Å². The molecule has 0 amide bonds. The van der Waals surface area contributed by atoms with E-state index in [1.807, 2.05) is 31.2 Å². The molecule has 1 aliphatic heterocycles. The summed E-state index contributed by atoms with van der Waals surface area (Å²) >= 11 is 0. The molecule has 2 aromatic rings. The standard InChI is InChI=1S/C18H23N3O2/c1-14-5-2-3-7-16(14)23-18-17(19-8-9-20-18)15-6-4-10-21(13-15)11-12-22/h2-3,5,7-9,15,22H,4,6,10-13H2,1H3/t15-/m1/s1. The molecule has 3 rings (SSSR count). The van der Waals surface area contributed by atoms with E-state index in [-0.39, 0.29) is 6.61 Å². The first-order chi connectivity index (χ1) is 11.3. The van der Waals surface area contributed by atoms with E-state index in [4.69, 9.17) is 9.84 Å². The minimum atomic E-state index is 0.194. The lowest BCUT2D eigenvalue weighted by atomic mass is 9.94. The van der Waals surface area contributed by atoms with Crippen molar-refractivity contribution in [2.24, 2.45) is 0 Å². The first-order valence-electron chi connectivity index (χ1n) is 8.15. The van der Waals surface area contributed by atoms with Crippen LogP contribution in [-0.2, 0) is 0 Å². The van der Waals surface area contributed by atoms with Crippen LogP contribution >= 0.6 is 0 Å². The molecule has 0 saturated carbocycles. The maximum atomic E-state index is 9.16. The summed E-state index contributed by atoms with van der Waals surface area (Å²) in [6.45, 7) is 4.86. The minimum absolute atomic E-state index is 0.194. The number of aryl methyl sites for hydroxylation is 1. The molecule has 1 saturated heterocycles. The Morgan fingerprint density at radius 3 is 2.91 bits per heavy atom. The van der Waals surface area contributed by atoms with Gasteiger partial charge in [-0.1, -0.05) is 18.2 Å². The van der Waals surface area contributed by atoms with E-state index in [0.29, 0.717) is 18.3 Å². The summed E-state index contributed by atoms with van der Waals surface area (Å²) in [4.78, 5) is 11.2. The molecule has 0 aliphatic carbocycles. The third-order valence-corrected chi connectivity index (χ3v) is 4.30. The molecule has 1 aromatic heterocycles. The molecule has 23 heavy (non-hydrogen) atoms. The lowest BCUT2D eigenvalue weighted by Crippen LogP contribution is -2.36. The van der Waals surface area contributed by atoms with Gasteiger partial charge in [0.15, 0.2) is 0 Å². The molecule has 1 fully saturated rings. The highest BCUT2D eigenvalue weighted by Gasteiger charge is 2.25. The van der Waals surface area contributed by atoms with Gasteiger partial charge in [0.1, 0.15) is 11.4 Å². The summed E-state index contributed by atoms with van der Waals surface area (Å²) < 4.78 is 6.05. The number of aromatic nitrogens is 2. The SMILES string of the molecule is Cc1ccccc1Oc1nccnc1[C@@H]1CCCN(CCO)C1. The predicted molar refractivity (Wildman–Crippen MR) is 88.8 cm³/mol. The lowest BCUT2D eigenvalue weighted by Gasteiger charge is -2.32. The average molecular weight is 313 g/mol. The number of hydrogen-bond donors (Lipinski definition) is 1. The highest BCUT2D eigenvalue weighted by molar-refractivity contribution is 5.36. The number of aliphatic hydroxyl groups is 1. The highest BCUT2D eigenvalue weighted by atomic mass is 16.5. The Labute approximate surface area is 137 Å². The molecule has 5 nitrogen and oxygen atoms in total. The van der Waals surface area contributed by atoms with Crippen LogP contribution in [0.5, 0.6) is 11.6 Å². The minimum Gasteiger partial charge on any atom is -0.437 e. The van der Waals surface area contributed by atoms with Crippen LogP contribution in [0.2, 0.25) is 0 Å². The molecule has 1 aliphatic rings. The van der Waals surface area contributed by atoms with E-state index < -0.39 is 0 Å². The maximum absolute atomic E-state index is 9.16. The molecule has 1 atom stereocenters. The van der Waals surface area contributed by atoms with Crippen molar-refractivity contribution in [2.45, 2.75) is 25.7 Å². The zero-order valence-electron chi connectivity index (χ0n) is 13.5. The number of ether oxygens (including phenoxy) is 1. The van der Waals surface area contributed by atoms with Crippen molar-refractivity contribution in [1.29, 1.82) is 0 Å². The Hall–Kier alpha value is -1.98. The second-order valence-electron chi connectivity index (χ2n) is 5.98. The van der Waals surface area contributed by atoms with Crippen LogP contribution < -0.4 is 4.74 Å². The molecule has 1 aromatic carbocycles. The van der Waals surface area contributed by atoms with Gasteiger partial charge in [0.05, 0.1) is 6.61 Å².